The monoisotopic (exact) mass is 401 g/mol. The average Bonchev–Trinajstić information content (AvgIpc) is 3.05. The minimum Gasteiger partial charge on any atom is -0.326 e. The van der Waals surface area contributed by atoms with Gasteiger partial charge in [0.25, 0.3) is 0 Å². The molecule has 0 spiro atoms. The number of anilines is 1. The Labute approximate surface area is 154 Å². The largest absolute Gasteiger partial charge is 0.435 e. The van der Waals surface area contributed by atoms with Gasteiger partial charge in [-0.1, -0.05) is 13.0 Å². The third kappa shape index (κ3) is 4.00. The molecule has 10 heteroatoms. The third-order valence-electron chi connectivity index (χ3n) is 4.63. The van der Waals surface area contributed by atoms with Crippen molar-refractivity contribution in [1.82, 2.24) is 10.2 Å². The number of carbonyl (C=O) groups is 1. The second-order valence-corrected chi connectivity index (χ2v) is 8.67. The zero-order valence-corrected chi connectivity index (χ0v) is 15.2. The van der Waals surface area contributed by atoms with Crippen LogP contribution in [0.2, 0.25) is 0 Å². The van der Waals surface area contributed by atoms with Gasteiger partial charge in [0.15, 0.2) is 15.5 Å². The molecule has 0 saturated carbocycles. The van der Waals surface area contributed by atoms with Gasteiger partial charge in [-0.05, 0) is 37.5 Å². The fraction of sp³-hybridized carbons (Fsp3) is 0.412. The molecule has 2 N–H and O–H groups in total. The average molecular weight is 401 g/mol. The van der Waals surface area contributed by atoms with Crippen LogP contribution in [0.1, 0.15) is 30.3 Å². The third-order valence-corrected chi connectivity index (χ3v) is 6.36. The number of hydrogen-bond acceptors (Lipinski definition) is 4. The van der Waals surface area contributed by atoms with Gasteiger partial charge in [-0.3, -0.25) is 9.89 Å². The fourth-order valence-electron chi connectivity index (χ4n) is 3.13. The molecule has 0 radical (unpaired) electrons. The second kappa shape index (κ2) is 6.99. The van der Waals surface area contributed by atoms with E-state index in [1.807, 2.05) is 0 Å². The number of aryl methyl sites for hydroxylation is 1. The molecule has 1 atom stereocenters. The van der Waals surface area contributed by atoms with E-state index in [0.29, 0.717) is 24.2 Å². The Bertz CT molecular complexity index is 967. The molecule has 0 unspecified atom stereocenters. The van der Waals surface area contributed by atoms with Crippen molar-refractivity contribution in [3.05, 3.63) is 41.2 Å². The molecule has 27 heavy (non-hydrogen) atoms. The zero-order chi connectivity index (χ0) is 19.8. The Hall–Kier alpha value is -2.36. The van der Waals surface area contributed by atoms with Crippen LogP contribution in [0.5, 0.6) is 0 Å². The van der Waals surface area contributed by atoms with Crippen molar-refractivity contribution >= 4 is 21.4 Å². The van der Waals surface area contributed by atoms with Crippen LogP contribution in [0.15, 0.2) is 29.2 Å². The van der Waals surface area contributed by atoms with E-state index >= 15 is 0 Å². The van der Waals surface area contributed by atoms with Crippen molar-refractivity contribution in [2.24, 2.45) is 5.92 Å². The highest BCUT2D eigenvalue weighted by atomic mass is 32.2. The van der Waals surface area contributed by atoms with Crippen molar-refractivity contribution in [3.8, 4) is 0 Å². The maximum absolute atomic E-state index is 13.0. The van der Waals surface area contributed by atoms with E-state index in [4.69, 9.17) is 0 Å². The summed E-state index contributed by atoms with van der Waals surface area (Å²) in [5, 5.41) is 8.36. The molecule has 1 heterocycles. The first kappa shape index (κ1) is 19.4. The molecule has 1 aromatic carbocycles. The number of H-pyrrole nitrogens is 1. The van der Waals surface area contributed by atoms with Gasteiger partial charge in [-0.15, -0.1) is 0 Å². The first-order valence-corrected chi connectivity index (χ1v) is 10.0. The van der Waals surface area contributed by atoms with E-state index in [1.54, 1.807) is 6.07 Å². The normalized spacial score (nSPS) is 17.4. The number of amides is 1. The number of rotatable bonds is 4. The summed E-state index contributed by atoms with van der Waals surface area (Å²) < 4.78 is 63.0. The number of fused-ring (bicyclic) bond motifs is 1. The van der Waals surface area contributed by atoms with Crippen LogP contribution in [0.4, 0.5) is 18.9 Å². The standard InChI is InChI=1S/C17H18F3N3O3S/c1-2-27(25,26)12-5-3-4-11(9-12)21-16(24)10-6-7-14-13(8-10)15(23-22-14)17(18,19)20/h3-5,9-10H,2,6-8H2,1H3,(H,21,24)(H,22,23)/t10-/m0/s1. The van der Waals surface area contributed by atoms with Crippen LogP contribution in [0.3, 0.4) is 0 Å². The van der Waals surface area contributed by atoms with Gasteiger partial charge in [0.2, 0.25) is 5.91 Å². The van der Waals surface area contributed by atoms with Crippen LogP contribution in [-0.2, 0) is 33.6 Å². The second-order valence-electron chi connectivity index (χ2n) is 6.39. The van der Waals surface area contributed by atoms with E-state index in [1.165, 1.54) is 25.1 Å². The number of nitrogens with zero attached hydrogens (tertiary/aromatic N) is 1. The minimum absolute atomic E-state index is 0.0243. The molecule has 1 aromatic heterocycles. The van der Waals surface area contributed by atoms with E-state index in [2.05, 4.69) is 15.5 Å². The first-order chi connectivity index (χ1) is 12.6. The van der Waals surface area contributed by atoms with E-state index in [0.717, 1.165) is 0 Å². The summed E-state index contributed by atoms with van der Waals surface area (Å²) in [6, 6.07) is 5.83. The number of carbonyl (C=O) groups excluding carboxylic acids is 1. The summed E-state index contributed by atoms with van der Waals surface area (Å²) in [6.07, 6.45) is -3.98. The fourth-order valence-corrected chi connectivity index (χ4v) is 4.06. The summed E-state index contributed by atoms with van der Waals surface area (Å²) in [5.74, 6) is -1.17. The van der Waals surface area contributed by atoms with Crippen molar-refractivity contribution in [1.29, 1.82) is 0 Å². The molecule has 146 valence electrons. The molecule has 1 aliphatic rings. The lowest BCUT2D eigenvalue weighted by Gasteiger charge is -2.22. The van der Waals surface area contributed by atoms with Crippen LogP contribution in [0, 0.1) is 5.92 Å². The summed E-state index contributed by atoms with van der Waals surface area (Å²) >= 11 is 0. The van der Waals surface area contributed by atoms with Crippen LogP contribution >= 0.6 is 0 Å². The number of alkyl halides is 3. The Kier molecular flexibility index (Phi) is 5.02. The Morgan fingerprint density at radius 2 is 2.11 bits per heavy atom. The Morgan fingerprint density at radius 1 is 1.37 bits per heavy atom. The molecular weight excluding hydrogens is 383 g/mol. The molecule has 0 saturated heterocycles. The highest BCUT2D eigenvalue weighted by molar-refractivity contribution is 7.91. The van der Waals surface area contributed by atoms with Gasteiger partial charge in [-0.25, -0.2) is 8.42 Å². The molecule has 0 bridgehead atoms. The molecule has 0 aliphatic heterocycles. The Balaban J connectivity index is 1.77. The number of aromatic amines is 1. The number of sulfone groups is 1. The highest BCUT2D eigenvalue weighted by Crippen LogP contribution is 2.36. The summed E-state index contributed by atoms with van der Waals surface area (Å²) in [6.45, 7) is 1.52. The molecule has 0 fully saturated rings. The van der Waals surface area contributed by atoms with Crippen LogP contribution in [-0.4, -0.2) is 30.3 Å². The predicted molar refractivity (Wildman–Crippen MR) is 91.9 cm³/mol. The van der Waals surface area contributed by atoms with Crippen LogP contribution < -0.4 is 5.32 Å². The van der Waals surface area contributed by atoms with E-state index in [9.17, 15) is 26.4 Å². The molecular formula is C17H18F3N3O3S. The quantitative estimate of drug-likeness (QED) is 0.824. The van der Waals surface area contributed by atoms with E-state index < -0.39 is 33.5 Å². The van der Waals surface area contributed by atoms with Gasteiger partial charge in [0.1, 0.15) is 0 Å². The van der Waals surface area contributed by atoms with Gasteiger partial charge in [0, 0.05) is 22.9 Å². The zero-order valence-electron chi connectivity index (χ0n) is 14.4. The maximum Gasteiger partial charge on any atom is 0.435 e. The van der Waals surface area contributed by atoms with E-state index in [-0.39, 0.29) is 22.6 Å². The first-order valence-electron chi connectivity index (χ1n) is 8.39. The Morgan fingerprint density at radius 3 is 2.78 bits per heavy atom. The maximum atomic E-state index is 13.0. The molecule has 6 nitrogen and oxygen atoms in total. The molecule has 2 aromatic rings. The number of nitrogens with one attached hydrogen (secondary N) is 2. The summed E-state index contributed by atoms with van der Waals surface area (Å²) in [4.78, 5) is 12.6. The smallest absolute Gasteiger partial charge is 0.326 e. The van der Waals surface area contributed by atoms with Gasteiger partial charge < -0.3 is 5.32 Å². The highest BCUT2D eigenvalue weighted by Gasteiger charge is 2.40. The number of benzene rings is 1. The number of halogens is 3. The van der Waals surface area contributed by atoms with Crippen LogP contribution in [0.25, 0.3) is 0 Å². The lowest BCUT2D eigenvalue weighted by molar-refractivity contribution is -0.142. The van der Waals surface area contributed by atoms with Crippen molar-refractivity contribution < 1.29 is 26.4 Å². The van der Waals surface area contributed by atoms with Crippen molar-refractivity contribution in [2.75, 3.05) is 11.1 Å². The molecule has 1 amide bonds. The lowest BCUT2D eigenvalue weighted by Crippen LogP contribution is -2.29. The van der Waals surface area contributed by atoms with Crippen molar-refractivity contribution in [2.45, 2.75) is 37.3 Å². The number of hydrogen-bond donors (Lipinski definition) is 2. The van der Waals surface area contributed by atoms with Crippen molar-refractivity contribution in [3.63, 3.8) is 0 Å². The van der Waals surface area contributed by atoms with Gasteiger partial charge >= 0.3 is 6.18 Å². The number of aromatic nitrogens is 2. The minimum atomic E-state index is -4.58. The molecule has 1 aliphatic carbocycles. The predicted octanol–water partition coefficient (Wildman–Crippen LogP) is 2.97. The van der Waals surface area contributed by atoms with Gasteiger partial charge in [0.05, 0.1) is 10.6 Å². The molecule has 3 rings (SSSR count). The SMILES string of the molecule is CCS(=O)(=O)c1cccc(NC(=O)[C@H]2CCc3[nH]nc(C(F)(F)F)c3C2)c1. The topological polar surface area (TPSA) is 91.9 Å². The van der Waals surface area contributed by atoms with Gasteiger partial charge in [-0.2, -0.15) is 18.3 Å². The summed E-state index contributed by atoms with van der Waals surface area (Å²) in [5.41, 5.74) is -0.256. The summed E-state index contributed by atoms with van der Waals surface area (Å²) in [7, 11) is -3.42. The lowest BCUT2D eigenvalue weighted by atomic mass is 9.85.